The summed E-state index contributed by atoms with van der Waals surface area (Å²) in [5.74, 6) is -0.329. The summed E-state index contributed by atoms with van der Waals surface area (Å²) in [5.41, 5.74) is 0. The molecule has 1 saturated carbocycles. The van der Waals surface area contributed by atoms with Gasteiger partial charge in [0.05, 0.1) is 25.0 Å². The zero-order chi connectivity index (χ0) is 17.1. The first kappa shape index (κ1) is 17.4. The number of β-amino-alcohol motifs (C(OH)–C–C–N with tert-alkyl or cyclic N) is 1. The zero-order valence-corrected chi connectivity index (χ0v) is 14.4. The second kappa shape index (κ2) is 7.66. The normalized spacial score (nSPS) is 32.3. The van der Waals surface area contributed by atoms with Crippen molar-refractivity contribution in [3.05, 3.63) is 12.2 Å². The molecule has 3 rings (SSSR count). The lowest BCUT2D eigenvalue weighted by atomic mass is 9.82. The number of allylic oxidation sites excluding steroid dienone is 2. The molecule has 1 saturated heterocycles. The molecule has 2 fully saturated rings. The molecule has 0 aromatic heterocycles. The second-order valence-corrected chi connectivity index (χ2v) is 7.06. The Morgan fingerprint density at radius 2 is 1.79 bits per heavy atom. The largest absolute Gasteiger partial charge is 0.465 e. The quantitative estimate of drug-likeness (QED) is 0.565. The van der Waals surface area contributed by atoms with Gasteiger partial charge in [0.1, 0.15) is 0 Å². The minimum absolute atomic E-state index is 0.106. The molecule has 2 aliphatic carbocycles. The number of ether oxygens (including phenoxy) is 1. The first-order chi connectivity index (χ1) is 11.7. The highest BCUT2D eigenvalue weighted by atomic mass is 16.5. The van der Waals surface area contributed by atoms with E-state index in [-0.39, 0.29) is 42.2 Å². The van der Waals surface area contributed by atoms with Crippen LogP contribution in [0.2, 0.25) is 0 Å². The van der Waals surface area contributed by atoms with Gasteiger partial charge in [0.2, 0.25) is 5.91 Å². The average molecular weight is 336 g/mol. The third kappa shape index (κ3) is 3.35. The first-order valence-electron chi connectivity index (χ1n) is 9.12. The van der Waals surface area contributed by atoms with Crippen LogP contribution in [0.15, 0.2) is 12.2 Å². The molecule has 6 nitrogen and oxygen atoms in total. The smallest absolute Gasteiger partial charge is 0.310 e. The Balaban J connectivity index is 1.64. The Morgan fingerprint density at radius 3 is 2.42 bits per heavy atom. The van der Waals surface area contributed by atoms with Crippen LogP contribution in [0.4, 0.5) is 0 Å². The van der Waals surface area contributed by atoms with Crippen LogP contribution in [0.25, 0.3) is 0 Å². The second-order valence-electron chi connectivity index (χ2n) is 7.06. The highest BCUT2D eigenvalue weighted by Gasteiger charge is 2.53. The maximum absolute atomic E-state index is 13.1. The van der Waals surface area contributed by atoms with Gasteiger partial charge >= 0.3 is 5.97 Å². The van der Waals surface area contributed by atoms with Crippen LogP contribution in [0.3, 0.4) is 0 Å². The number of piperazine rings is 1. The Kier molecular flexibility index (Phi) is 5.56. The predicted octanol–water partition coefficient (Wildman–Crippen LogP) is 0.514. The fraction of sp³-hybridized carbons (Fsp3) is 0.778. The first-order valence-corrected chi connectivity index (χ1v) is 9.12. The van der Waals surface area contributed by atoms with E-state index in [9.17, 15) is 9.59 Å². The molecule has 1 N–H and O–H groups in total. The van der Waals surface area contributed by atoms with Gasteiger partial charge in [0.25, 0.3) is 0 Å². The average Bonchev–Trinajstić information content (AvgIpc) is 3.21. The molecule has 134 valence electrons. The summed E-state index contributed by atoms with van der Waals surface area (Å²) in [6.07, 6.45) is 5.89. The fourth-order valence-electron chi connectivity index (χ4n) is 4.32. The molecule has 0 spiro atoms. The van der Waals surface area contributed by atoms with Crippen LogP contribution >= 0.6 is 0 Å². The minimum atomic E-state index is -0.311. The van der Waals surface area contributed by atoms with Crippen LogP contribution in [0.1, 0.15) is 19.8 Å². The molecule has 24 heavy (non-hydrogen) atoms. The van der Waals surface area contributed by atoms with Gasteiger partial charge in [-0.05, 0) is 24.7 Å². The highest BCUT2D eigenvalue weighted by molar-refractivity contribution is 5.87. The number of esters is 1. The third-order valence-corrected chi connectivity index (χ3v) is 5.57. The minimum Gasteiger partial charge on any atom is -0.465 e. The monoisotopic (exact) mass is 336 g/mol. The van der Waals surface area contributed by atoms with Crippen molar-refractivity contribution in [2.24, 2.45) is 23.7 Å². The lowest BCUT2D eigenvalue weighted by Gasteiger charge is -2.37. The van der Waals surface area contributed by atoms with Crippen LogP contribution in [0.5, 0.6) is 0 Å². The van der Waals surface area contributed by atoms with Crippen molar-refractivity contribution in [2.75, 3.05) is 45.9 Å². The van der Waals surface area contributed by atoms with E-state index >= 15 is 0 Å². The van der Waals surface area contributed by atoms with Crippen molar-refractivity contribution < 1.29 is 19.4 Å². The maximum atomic E-state index is 13.1. The molecule has 0 radical (unpaired) electrons. The number of nitrogens with zero attached hydrogens (tertiary/aromatic N) is 2. The van der Waals surface area contributed by atoms with Gasteiger partial charge in [-0.1, -0.05) is 19.1 Å². The van der Waals surface area contributed by atoms with Gasteiger partial charge in [-0.15, -0.1) is 0 Å². The van der Waals surface area contributed by atoms with E-state index in [0.717, 1.165) is 25.9 Å². The van der Waals surface area contributed by atoms with Crippen molar-refractivity contribution >= 4 is 11.9 Å². The maximum Gasteiger partial charge on any atom is 0.310 e. The molecule has 4 unspecified atom stereocenters. The lowest BCUT2D eigenvalue weighted by molar-refractivity contribution is -0.156. The van der Waals surface area contributed by atoms with Gasteiger partial charge in [0.15, 0.2) is 0 Å². The molecule has 4 atom stereocenters. The fourth-order valence-corrected chi connectivity index (χ4v) is 4.32. The number of aliphatic hydroxyl groups excluding tert-OH is 1. The van der Waals surface area contributed by atoms with Crippen LogP contribution in [0, 0.1) is 23.7 Å². The summed E-state index contributed by atoms with van der Waals surface area (Å²) in [4.78, 5) is 29.6. The number of carbonyl (C=O) groups excluding carboxylic acids is 2. The Labute approximate surface area is 143 Å². The Morgan fingerprint density at radius 1 is 1.12 bits per heavy atom. The van der Waals surface area contributed by atoms with Crippen molar-refractivity contribution in [3.63, 3.8) is 0 Å². The van der Waals surface area contributed by atoms with Crippen molar-refractivity contribution in [1.29, 1.82) is 0 Å². The number of fused-ring (bicyclic) bond motifs is 2. The van der Waals surface area contributed by atoms with E-state index in [2.05, 4.69) is 17.1 Å². The molecule has 1 aliphatic heterocycles. The topological polar surface area (TPSA) is 70.1 Å². The number of hydrogen-bond donors (Lipinski definition) is 1. The summed E-state index contributed by atoms with van der Waals surface area (Å²) >= 11 is 0. The van der Waals surface area contributed by atoms with E-state index in [1.165, 1.54) is 0 Å². The van der Waals surface area contributed by atoms with Crippen LogP contribution in [-0.2, 0) is 14.3 Å². The molecular formula is C18H28N2O4. The molecule has 0 aromatic rings. The number of hydrogen-bond acceptors (Lipinski definition) is 5. The summed E-state index contributed by atoms with van der Waals surface area (Å²) in [6, 6.07) is 0. The molecule has 2 bridgehead atoms. The van der Waals surface area contributed by atoms with Gasteiger partial charge in [-0.3, -0.25) is 14.5 Å². The van der Waals surface area contributed by atoms with Crippen molar-refractivity contribution in [1.82, 2.24) is 9.80 Å². The summed E-state index contributed by atoms with van der Waals surface area (Å²) in [7, 11) is 0. The zero-order valence-electron chi connectivity index (χ0n) is 14.4. The van der Waals surface area contributed by atoms with Gasteiger partial charge in [0, 0.05) is 32.7 Å². The molecular weight excluding hydrogens is 308 g/mol. The predicted molar refractivity (Wildman–Crippen MR) is 89.1 cm³/mol. The van der Waals surface area contributed by atoms with Crippen LogP contribution in [-0.4, -0.2) is 72.7 Å². The Hall–Kier alpha value is -1.40. The number of rotatable bonds is 6. The van der Waals surface area contributed by atoms with E-state index in [1.54, 1.807) is 0 Å². The van der Waals surface area contributed by atoms with Gasteiger partial charge in [-0.25, -0.2) is 0 Å². The SMILES string of the molecule is CCCOC(=O)C1C2C=CC(C2)C1C(=O)N1CCN(CCO)CC1. The number of amides is 1. The van der Waals surface area contributed by atoms with E-state index in [4.69, 9.17) is 9.84 Å². The molecule has 6 heteroatoms. The summed E-state index contributed by atoms with van der Waals surface area (Å²) < 4.78 is 5.36. The van der Waals surface area contributed by atoms with Gasteiger partial charge < -0.3 is 14.7 Å². The standard InChI is InChI=1S/C18H28N2O4/c1-2-11-24-18(23)16-14-4-3-13(12-14)15(16)17(22)20-7-5-19(6-8-20)9-10-21/h3-4,13-16,21H,2,5-12H2,1H3. The molecule has 0 aromatic carbocycles. The number of aliphatic hydroxyl groups is 1. The van der Waals surface area contributed by atoms with E-state index in [1.807, 2.05) is 11.8 Å². The lowest BCUT2D eigenvalue weighted by Crippen LogP contribution is -2.52. The third-order valence-electron chi connectivity index (χ3n) is 5.57. The molecule has 1 heterocycles. The van der Waals surface area contributed by atoms with Gasteiger partial charge in [-0.2, -0.15) is 0 Å². The summed E-state index contributed by atoms with van der Waals surface area (Å²) in [6.45, 7) is 6.13. The molecule has 3 aliphatic rings. The van der Waals surface area contributed by atoms with E-state index in [0.29, 0.717) is 26.2 Å². The highest BCUT2D eigenvalue weighted by Crippen LogP contribution is 2.49. The molecule has 1 amide bonds. The number of carbonyl (C=O) groups is 2. The van der Waals surface area contributed by atoms with Crippen LogP contribution < -0.4 is 0 Å². The van der Waals surface area contributed by atoms with Crippen molar-refractivity contribution in [3.8, 4) is 0 Å². The van der Waals surface area contributed by atoms with E-state index < -0.39 is 0 Å². The van der Waals surface area contributed by atoms with Crippen molar-refractivity contribution in [2.45, 2.75) is 19.8 Å². The summed E-state index contributed by atoms with van der Waals surface area (Å²) in [5, 5.41) is 9.02. The Bertz CT molecular complexity index is 499.